The maximum atomic E-state index is 9.73. The molecule has 0 saturated heterocycles. The van der Waals surface area contributed by atoms with Gasteiger partial charge in [-0.25, -0.2) is 0 Å². The molecule has 0 unspecified atom stereocenters. The molecular formula is C15H14BrN3O2S. The van der Waals surface area contributed by atoms with Crippen LogP contribution in [-0.4, -0.2) is 23.5 Å². The van der Waals surface area contributed by atoms with E-state index in [1.165, 1.54) is 12.3 Å². The lowest BCUT2D eigenvalue weighted by atomic mass is 10.2. The molecule has 0 aromatic heterocycles. The highest BCUT2D eigenvalue weighted by Gasteiger charge is 2.01. The van der Waals surface area contributed by atoms with Crippen LogP contribution in [-0.2, 0) is 0 Å². The van der Waals surface area contributed by atoms with Gasteiger partial charge in [-0.1, -0.05) is 22.0 Å². The molecule has 0 fully saturated rings. The molecule has 0 aliphatic carbocycles. The van der Waals surface area contributed by atoms with Crippen molar-refractivity contribution in [3.05, 3.63) is 52.5 Å². The Hall–Kier alpha value is -2.12. The van der Waals surface area contributed by atoms with E-state index in [0.717, 1.165) is 10.2 Å². The van der Waals surface area contributed by atoms with Crippen molar-refractivity contribution in [1.29, 1.82) is 0 Å². The van der Waals surface area contributed by atoms with Crippen LogP contribution in [0.2, 0.25) is 0 Å². The van der Waals surface area contributed by atoms with Gasteiger partial charge in [0.1, 0.15) is 11.5 Å². The highest BCUT2D eigenvalue weighted by Crippen LogP contribution is 2.21. The molecule has 0 aliphatic heterocycles. The standard InChI is InChI=1S/C15H14BrN3O2S/c1-21-13-5-6-14(20)10(7-13)9-17-19-15(22)18-12-4-2-3-11(16)8-12/h2-9,20H,1H3,(H2,18,19,22)/b17-9+. The number of aromatic hydroxyl groups is 1. The molecule has 5 nitrogen and oxygen atoms in total. The Kier molecular flexibility index (Phi) is 5.74. The number of hydrogen-bond donors (Lipinski definition) is 3. The Morgan fingerprint density at radius 1 is 1.32 bits per heavy atom. The van der Waals surface area contributed by atoms with E-state index >= 15 is 0 Å². The number of phenols is 1. The Labute approximate surface area is 142 Å². The molecule has 114 valence electrons. The van der Waals surface area contributed by atoms with Crippen LogP contribution in [0.25, 0.3) is 0 Å². The van der Waals surface area contributed by atoms with Crippen LogP contribution in [0.4, 0.5) is 5.69 Å². The van der Waals surface area contributed by atoms with Crippen LogP contribution in [0.3, 0.4) is 0 Å². The van der Waals surface area contributed by atoms with E-state index < -0.39 is 0 Å². The Morgan fingerprint density at radius 3 is 2.86 bits per heavy atom. The second-order valence-electron chi connectivity index (χ2n) is 4.26. The van der Waals surface area contributed by atoms with E-state index in [9.17, 15) is 5.11 Å². The van der Waals surface area contributed by atoms with Crippen molar-refractivity contribution in [2.45, 2.75) is 0 Å². The van der Waals surface area contributed by atoms with E-state index in [4.69, 9.17) is 17.0 Å². The van der Waals surface area contributed by atoms with E-state index in [2.05, 4.69) is 31.8 Å². The summed E-state index contributed by atoms with van der Waals surface area (Å²) in [4.78, 5) is 0. The summed E-state index contributed by atoms with van der Waals surface area (Å²) in [6.45, 7) is 0. The zero-order valence-electron chi connectivity index (χ0n) is 11.7. The first-order valence-corrected chi connectivity index (χ1v) is 7.51. The molecular weight excluding hydrogens is 366 g/mol. The first-order valence-electron chi connectivity index (χ1n) is 6.31. The van der Waals surface area contributed by atoms with Crippen molar-refractivity contribution in [1.82, 2.24) is 5.43 Å². The minimum absolute atomic E-state index is 0.109. The molecule has 2 rings (SSSR count). The lowest BCUT2D eigenvalue weighted by Crippen LogP contribution is -2.23. The molecule has 22 heavy (non-hydrogen) atoms. The number of phenolic OH excluding ortho intramolecular Hbond substituents is 1. The Bertz CT molecular complexity index is 707. The quantitative estimate of drug-likeness (QED) is 0.431. The van der Waals surface area contributed by atoms with E-state index in [0.29, 0.717) is 16.4 Å². The summed E-state index contributed by atoms with van der Waals surface area (Å²) in [5.74, 6) is 0.742. The monoisotopic (exact) mass is 379 g/mol. The first kappa shape index (κ1) is 16.3. The van der Waals surface area contributed by atoms with Gasteiger partial charge >= 0.3 is 0 Å². The van der Waals surface area contributed by atoms with Crippen molar-refractivity contribution in [3.8, 4) is 11.5 Å². The van der Waals surface area contributed by atoms with E-state index in [1.54, 1.807) is 19.2 Å². The third kappa shape index (κ3) is 4.71. The first-order chi connectivity index (χ1) is 10.6. The number of hydrazone groups is 1. The van der Waals surface area contributed by atoms with Crippen LogP contribution < -0.4 is 15.5 Å². The molecule has 2 aromatic carbocycles. The topological polar surface area (TPSA) is 65.9 Å². The van der Waals surface area contributed by atoms with Gasteiger partial charge in [0.25, 0.3) is 0 Å². The number of thiocarbonyl (C=S) groups is 1. The fraction of sp³-hybridized carbons (Fsp3) is 0.0667. The Morgan fingerprint density at radius 2 is 2.14 bits per heavy atom. The van der Waals surface area contributed by atoms with Crippen LogP contribution in [0.15, 0.2) is 52.0 Å². The third-order valence-corrected chi connectivity index (χ3v) is 3.37. The maximum Gasteiger partial charge on any atom is 0.191 e. The molecule has 0 radical (unpaired) electrons. The normalized spacial score (nSPS) is 10.5. The number of halogens is 1. The largest absolute Gasteiger partial charge is 0.507 e. The average molecular weight is 380 g/mol. The fourth-order valence-electron chi connectivity index (χ4n) is 1.65. The molecule has 0 aliphatic rings. The minimum Gasteiger partial charge on any atom is -0.507 e. The van der Waals surface area contributed by atoms with Crippen LogP contribution in [0.1, 0.15) is 5.56 Å². The van der Waals surface area contributed by atoms with Crippen molar-refractivity contribution < 1.29 is 9.84 Å². The lowest BCUT2D eigenvalue weighted by molar-refractivity contribution is 0.412. The molecule has 2 aromatic rings. The van der Waals surface area contributed by atoms with Gasteiger partial charge in [0, 0.05) is 15.7 Å². The third-order valence-electron chi connectivity index (χ3n) is 2.69. The highest BCUT2D eigenvalue weighted by atomic mass is 79.9. The zero-order chi connectivity index (χ0) is 15.9. The van der Waals surface area contributed by atoms with Crippen molar-refractivity contribution in [2.24, 2.45) is 5.10 Å². The van der Waals surface area contributed by atoms with E-state index in [1.807, 2.05) is 24.3 Å². The summed E-state index contributed by atoms with van der Waals surface area (Å²) >= 11 is 8.52. The van der Waals surface area contributed by atoms with Gasteiger partial charge in [-0.3, -0.25) is 5.43 Å². The maximum absolute atomic E-state index is 9.73. The molecule has 7 heteroatoms. The number of anilines is 1. The number of benzene rings is 2. The molecule has 0 amide bonds. The van der Waals surface area contributed by atoms with E-state index in [-0.39, 0.29) is 5.75 Å². The highest BCUT2D eigenvalue weighted by molar-refractivity contribution is 9.10. The van der Waals surface area contributed by atoms with Gasteiger partial charge in [-0.05, 0) is 48.6 Å². The molecule has 0 spiro atoms. The smallest absolute Gasteiger partial charge is 0.191 e. The van der Waals surface area contributed by atoms with Gasteiger partial charge in [-0.15, -0.1) is 0 Å². The SMILES string of the molecule is COc1ccc(O)c(/C=N/NC(=S)Nc2cccc(Br)c2)c1. The van der Waals surface area contributed by atoms with Gasteiger partial charge in [-0.2, -0.15) is 5.10 Å². The zero-order valence-corrected chi connectivity index (χ0v) is 14.1. The summed E-state index contributed by atoms with van der Waals surface area (Å²) in [7, 11) is 1.56. The van der Waals surface area contributed by atoms with Crippen LogP contribution >= 0.6 is 28.1 Å². The van der Waals surface area contributed by atoms with Crippen LogP contribution in [0, 0.1) is 0 Å². The second kappa shape index (κ2) is 7.77. The molecule has 0 saturated carbocycles. The van der Waals surface area contributed by atoms with Gasteiger partial charge in [0.05, 0.1) is 13.3 Å². The fourth-order valence-corrected chi connectivity index (χ4v) is 2.22. The number of nitrogens with zero attached hydrogens (tertiary/aromatic N) is 1. The molecule has 0 bridgehead atoms. The summed E-state index contributed by atoms with van der Waals surface area (Å²) < 4.78 is 6.04. The van der Waals surface area contributed by atoms with Gasteiger partial charge < -0.3 is 15.2 Å². The van der Waals surface area contributed by atoms with Crippen molar-refractivity contribution in [2.75, 3.05) is 12.4 Å². The molecule has 0 heterocycles. The predicted molar refractivity (Wildman–Crippen MR) is 95.8 cm³/mol. The summed E-state index contributed by atoms with van der Waals surface area (Å²) in [5, 5.41) is 17.1. The van der Waals surface area contributed by atoms with Crippen LogP contribution in [0.5, 0.6) is 11.5 Å². The van der Waals surface area contributed by atoms with Gasteiger partial charge in [0.2, 0.25) is 0 Å². The summed E-state index contributed by atoms with van der Waals surface area (Å²) in [6, 6.07) is 12.5. The molecule has 3 N–H and O–H groups in total. The lowest BCUT2D eigenvalue weighted by Gasteiger charge is -2.07. The Balaban J connectivity index is 1.96. The number of nitrogens with one attached hydrogen (secondary N) is 2. The van der Waals surface area contributed by atoms with Gasteiger partial charge in [0.15, 0.2) is 5.11 Å². The number of methoxy groups -OCH3 is 1. The van der Waals surface area contributed by atoms with Crippen molar-refractivity contribution in [3.63, 3.8) is 0 Å². The number of rotatable bonds is 4. The summed E-state index contributed by atoms with van der Waals surface area (Å²) in [6.07, 6.45) is 1.47. The average Bonchev–Trinajstić information content (AvgIpc) is 2.49. The second-order valence-corrected chi connectivity index (χ2v) is 5.58. The minimum atomic E-state index is 0.109. The van der Waals surface area contributed by atoms with Crippen molar-refractivity contribution >= 4 is 45.2 Å². The molecule has 0 atom stereocenters. The predicted octanol–water partition coefficient (Wildman–Crippen LogP) is 3.48. The summed E-state index contributed by atoms with van der Waals surface area (Å²) in [5.41, 5.74) is 4.05. The number of ether oxygens (including phenoxy) is 1. The number of hydrogen-bond acceptors (Lipinski definition) is 4.